The minimum Gasteiger partial charge on any atom is -0.373 e. The van der Waals surface area contributed by atoms with Gasteiger partial charge in [-0.25, -0.2) is 9.97 Å². The van der Waals surface area contributed by atoms with Crippen molar-refractivity contribution in [1.82, 2.24) is 9.97 Å². The minimum absolute atomic E-state index is 0.186. The lowest BCUT2D eigenvalue weighted by Crippen LogP contribution is -2.33. The number of alkyl halides is 3. The Kier molecular flexibility index (Phi) is 3.84. The van der Waals surface area contributed by atoms with Crippen LogP contribution in [0.4, 0.5) is 24.8 Å². The van der Waals surface area contributed by atoms with Crippen LogP contribution < -0.4 is 10.2 Å². The van der Waals surface area contributed by atoms with Crippen LogP contribution >= 0.6 is 11.8 Å². The highest BCUT2D eigenvalue weighted by Crippen LogP contribution is 2.29. The van der Waals surface area contributed by atoms with Crippen molar-refractivity contribution in [3.05, 3.63) is 11.9 Å². The number of hydrogen-bond acceptors (Lipinski definition) is 5. The molecule has 4 nitrogen and oxygen atoms in total. The largest absolute Gasteiger partial charge is 0.451 e. The van der Waals surface area contributed by atoms with E-state index in [1.807, 2.05) is 4.90 Å². The molecule has 0 amide bonds. The SMILES string of the molecule is CNc1cc(N2CCSCC2)nc(C(F)(F)F)n1. The van der Waals surface area contributed by atoms with Crippen molar-refractivity contribution in [3.63, 3.8) is 0 Å². The Labute approximate surface area is 107 Å². The molecule has 1 N–H and O–H groups in total. The molecule has 0 unspecified atom stereocenters. The van der Waals surface area contributed by atoms with E-state index in [1.54, 1.807) is 24.9 Å². The van der Waals surface area contributed by atoms with E-state index in [1.165, 1.54) is 0 Å². The zero-order valence-corrected chi connectivity index (χ0v) is 10.6. The van der Waals surface area contributed by atoms with Crippen LogP contribution in [-0.2, 0) is 6.18 Å². The zero-order chi connectivity index (χ0) is 13.2. The second kappa shape index (κ2) is 5.21. The molecule has 1 aromatic heterocycles. The maximum atomic E-state index is 12.7. The maximum Gasteiger partial charge on any atom is 0.451 e. The lowest BCUT2D eigenvalue weighted by atomic mass is 10.4. The summed E-state index contributed by atoms with van der Waals surface area (Å²) in [7, 11) is 1.54. The summed E-state index contributed by atoms with van der Waals surface area (Å²) in [6, 6.07) is 1.55. The monoisotopic (exact) mass is 278 g/mol. The van der Waals surface area contributed by atoms with E-state index in [-0.39, 0.29) is 5.82 Å². The van der Waals surface area contributed by atoms with Crippen molar-refractivity contribution in [3.8, 4) is 0 Å². The first-order valence-corrected chi connectivity index (χ1v) is 6.63. The first kappa shape index (κ1) is 13.3. The lowest BCUT2D eigenvalue weighted by molar-refractivity contribution is -0.144. The summed E-state index contributed by atoms with van der Waals surface area (Å²) in [5.41, 5.74) is 0. The summed E-state index contributed by atoms with van der Waals surface area (Å²) in [4.78, 5) is 8.91. The van der Waals surface area contributed by atoms with Crippen LogP contribution in [0.25, 0.3) is 0 Å². The third-order valence-electron chi connectivity index (χ3n) is 2.56. The van der Waals surface area contributed by atoms with Gasteiger partial charge in [0.2, 0.25) is 5.82 Å². The van der Waals surface area contributed by atoms with Crippen molar-refractivity contribution in [2.75, 3.05) is 41.9 Å². The lowest BCUT2D eigenvalue weighted by Gasteiger charge is -2.28. The highest BCUT2D eigenvalue weighted by Gasteiger charge is 2.36. The van der Waals surface area contributed by atoms with Gasteiger partial charge in [0.15, 0.2) is 0 Å². The normalized spacial score (nSPS) is 16.8. The number of aromatic nitrogens is 2. The van der Waals surface area contributed by atoms with Gasteiger partial charge < -0.3 is 10.2 Å². The number of rotatable bonds is 2. The number of anilines is 2. The predicted octanol–water partition coefficient (Wildman–Crippen LogP) is 2.09. The Morgan fingerprint density at radius 3 is 2.50 bits per heavy atom. The number of nitrogens with zero attached hydrogens (tertiary/aromatic N) is 3. The molecule has 1 saturated heterocycles. The van der Waals surface area contributed by atoms with Gasteiger partial charge in [-0.2, -0.15) is 24.9 Å². The Balaban J connectivity index is 2.34. The van der Waals surface area contributed by atoms with E-state index in [4.69, 9.17) is 0 Å². The summed E-state index contributed by atoms with van der Waals surface area (Å²) in [6.07, 6.45) is -4.52. The molecular weight excluding hydrogens is 265 g/mol. The third-order valence-corrected chi connectivity index (χ3v) is 3.50. The molecule has 8 heteroatoms. The van der Waals surface area contributed by atoms with E-state index in [9.17, 15) is 13.2 Å². The molecule has 1 aliphatic heterocycles. The van der Waals surface area contributed by atoms with Gasteiger partial charge in [0.1, 0.15) is 11.6 Å². The number of hydrogen-bond donors (Lipinski definition) is 1. The standard InChI is InChI=1S/C10H13F3N4S/c1-14-7-6-8(17-2-4-18-5-3-17)16-9(15-7)10(11,12)13/h6H,2-5H2,1H3,(H,14,15,16). The molecule has 0 saturated carbocycles. The van der Waals surface area contributed by atoms with Gasteiger partial charge in [-0.05, 0) is 0 Å². The number of thioether (sulfide) groups is 1. The molecule has 2 heterocycles. The molecule has 1 aliphatic rings. The summed E-state index contributed by atoms with van der Waals surface area (Å²) in [6.45, 7) is 1.42. The predicted molar refractivity (Wildman–Crippen MR) is 66.1 cm³/mol. The van der Waals surface area contributed by atoms with Gasteiger partial charge in [0.25, 0.3) is 0 Å². The van der Waals surface area contributed by atoms with Crippen LogP contribution in [0.2, 0.25) is 0 Å². The van der Waals surface area contributed by atoms with Crippen molar-refractivity contribution in [2.45, 2.75) is 6.18 Å². The summed E-state index contributed by atoms with van der Waals surface area (Å²) in [5.74, 6) is 1.23. The van der Waals surface area contributed by atoms with Crippen LogP contribution in [0.15, 0.2) is 6.07 Å². The van der Waals surface area contributed by atoms with Gasteiger partial charge in [-0.15, -0.1) is 0 Å². The van der Waals surface area contributed by atoms with Crippen molar-refractivity contribution in [1.29, 1.82) is 0 Å². The fourth-order valence-electron chi connectivity index (χ4n) is 1.64. The molecule has 18 heavy (non-hydrogen) atoms. The van der Waals surface area contributed by atoms with Crippen LogP contribution in [0.1, 0.15) is 5.82 Å². The maximum absolute atomic E-state index is 12.7. The molecular formula is C10H13F3N4S. The van der Waals surface area contributed by atoms with Crippen molar-refractivity contribution < 1.29 is 13.2 Å². The molecule has 100 valence electrons. The Bertz CT molecular complexity index is 418. The minimum atomic E-state index is -4.52. The summed E-state index contributed by atoms with van der Waals surface area (Å²) < 4.78 is 38.0. The van der Waals surface area contributed by atoms with Crippen LogP contribution in [0.3, 0.4) is 0 Å². The van der Waals surface area contributed by atoms with Crippen LogP contribution in [-0.4, -0.2) is 41.6 Å². The summed E-state index contributed by atoms with van der Waals surface area (Å²) in [5, 5.41) is 2.64. The smallest absolute Gasteiger partial charge is 0.373 e. The topological polar surface area (TPSA) is 41.0 Å². The van der Waals surface area contributed by atoms with Crippen LogP contribution in [0, 0.1) is 0 Å². The quantitative estimate of drug-likeness (QED) is 0.897. The highest BCUT2D eigenvalue weighted by molar-refractivity contribution is 7.99. The van der Waals surface area contributed by atoms with Gasteiger partial charge >= 0.3 is 6.18 Å². The first-order valence-electron chi connectivity index (χ1n) is 5.47. The van der Waals surface area contributed by atoms with E-state index in [0.717, 1.165) is 11.5 Å². The van der Waals surface area contributed by atoms with E-state index in [0.29, 0.717) is 18.9 Å². The molecule has 0 atom stereocenters. The van der Waals surface area contributed by atoms with Gasteiger partial charge in [0, 0.05) is 37.7 Å². The average Bonchev–Trinajstić information content (AvgIpc) is 2.38. The Hall–Kier alpha value is -1.18. The van der Waals surface area contributed by atoms with Gasteiger partial charge in [-0.1, -0.05) is 0 Å². The molecule has 0 spiro atoms. The first-order chi connectivity index (χ1) is 8.50. The molecule has 0 bridgehead atoms. The second-order valence-electron chi connectivity index (χ2n) is 3.78. The fourth-order valence-corrected chi connectivity index (χ4v) is 2.55. The van der Waals surface area contributed by atoms with E-state index >= 15 is 0 Å². The molecule has 0 aromatic carbocycles. The van der Waals surface area contributed by atoms with E-state index in [2.05, 4.69) is 15.3 Å². The molecule has 0 aliphatic carbocycles. The fraction of sp³-hybridized carbons (Fsp3) is 0.600. The Morgan fingerprint density at radius 1 is 1.28 bits per heavy atom. The average molecular weight is 278 g/mol. The highest BCUT2D eigenvalue weighted by atomic mass is 32.2. The van der Waals surface area contributed by atoms with Crippen LogP contribution in [0.5, 0.6) is 0 Å². The van der Waals surface area contributed by atoms with Crippen molar-refractivity contribution in [2.24, 2.45) is 0 Å². The van der Waals surface area contributed by atoms with Gasteiger partial charge in [0.05, 0.1) is 0 Å². The van der Waals surface area contributed by atoms with E-state index < -0.39 is 12.0 Å². The number of nitrogens with one attached hydrogen (secondary N) is 1. The second-order valence-corrected chi connectivity index (χ2v) is 5.01. The number of halogens is 3. The van der Waals surface area contributed by atoms with Gasteiger partial charge in [-0.3, -0.25) is 0 Å². The molecule has 2 rings (SSSR count). The molecule has 0 radical (unpaired) electrons. The third kappa shape index (κ3) is 2.98. The summed E-state index contributed by atoms with van der Waals surface area (Å²) >= 11 is 1.79. The molecule has 1 fully saturated rings. The van der Waals surface area contributed by atoms with Crippen molar-refractivity contribution >= 4 is 23.4 Å². The molecule has 1 aromatic rings. The Morgan fingerprint density at radius 2 is 1.94 bits per heavy atom. The zero-order valence-electron chi connectivity index (χ0n) is 9.79.